The van der Waals surface area contributed by atoms with Crippen molar-refractivity contribution in [3.63, 3.8) is 0 Å². The minimum Gasteiger partial charge on any atom is -0.449 e. The van der Waals surface area contributed by atoms with Gasteiger partial charge in [0.2, 0.25) is 0 Å². The Balaban J connectivity index is 1.90. The van der Waals surface area contributed by atoms with Crippen molar-refractivity contribution in [1.82, 2.24) is 5.32 Å². The summed E-state index contributed by atoms with van der Waals surface area (Å²) < 4.78 is 5.15. The number of anilines is 1. The van der Waals surface area contributed by atoms with E-state index in [-0.39, 0.29) is 5.56 Å². The van der Waals surface area contributed by atoms with E-state index in [4.69, 9.17) is 10.5 Å². The molecule has 130 valence electrons. The third-order valence-electron chi connectivity index (χ3n) is 3.33. The number of amides is 3. The summed E-state index contributed by atoms with van der Waals surface area (Å²) in [6, 6.07) is 14.7. The molecule has 0 radical (unpaired) electrons. The molecule has 0 unspecified atom stereocenters. The molecule has 0 bridgehead atoms. The van der Waals surface area contributed by atoms with Crippen molar-refractivity contribution in [3.05, 3.63) is 65.7 Å². The molecule has 7 heteroatoms. The van der Waals surface area contributed by atoms with Gasteiger partial charge >= 0.3 is 12.0 Å². The molecule has 0 aliphatic heterocycles. The van der Waals surface area contributed by atoms with Crippen molar-refractivity contribution in [1.29, 1.82) is 0 Å². The molecule has 0 spiro atoms. The van der Waals surface area contributed by atoms with Gasteiger partial charge in [0.15, 0.2) is 6.10 Å². The number of nitrogens with one attached hydrogen (secondary N) is 2. The molecule has 0 aliphatic rings. The van der Waals surface area contributed by atoms with Crippen LogP contribution >= 0.6 is 0 Å². The second-order valence-electron chi connectivity index (χ2n) is 5.32. The largest absolute Gasteiger partial charge is 0.449 e. The lowest BCUT2D eigenvalue weighted by Crippen LogP contribution is -2.35. The SMILES string of the molecule is C[C@@H](OC(=O)c1cccc(NC(N)=O)c1)C(=O)NCc1ccccc1. The van der Waals surface area contributed by atoms with E-state index in [0.29, 0.717) is 12.2 Å². The first-order chi connectivity index (χ1) is 12.0. The van der Waals surface area contributed by atoms with Crippen LogP contribution < -0.4 is 16.4 Å². The molecule has 0 saturated heterocycles. The Kier molecular flexibility index (Phi) is 6.11. The van der Waals surface area contributed by atoms with E-state index in [9.17, 15) is 14.4 Å². The smallest absolute Gasteiger partial charge is 0.338 e. The summed E-state index contributed by atoms with van der Waals surface area (Å²) in [4.78, 5) is 35.0. The first-order valence-corrected chi connectivity index (χ1v) is 7.65. The van der Waals surface area contributed by atoms with E-state index in [1.807, 2.05) is 30.3 Å². The van der Waals surface area contributed by atoms with Gasteiger partial charge in [-0.1, -0.05) is 36.4 Å². The summed E-state index contributed by atoms with van der Waals surface area (Å²) >= 11 is 0. The topological polar surface area (TPSA) is 111 Å². The van der Waals surface area contributed by atoms with E-state index < -0.39 is 24.0 Å². The Labute approximate surface area is 145 Å². The van der Waals surface area contributed by atoms with Gasteiger partial charge in [0.25, 0.3) is 5.91 Å². The molecule has 2 aromatic carbocycles. The Morgan fingerprint density at radius 2 is 1.80 bits per heavy atom. The van der Waals surface area contributed by atoms with Crippen molar-refractivity contribution in [3.8, 4) is 0 Å². The zero-order chi connectivity index (χ0) is 18.2. The highest BCUT2D eigenvalue weighted by molar-refractivity contribution is 5.94. The molecule has 25 heavy (non-hydrogen) atoms. The number of rotatable bonds is 6. The van der Waals surface area contributed by atoms with Crippen molar-refractivity contribution in [2.45, 2.75) is 19.6 Å². The monoisotopic (exact) mass is 341 g/mol. The highest BCUT2D eigenvalue weighted by Crippen LogP contribution is 2.12. The highest BCUT2D eigenvalue weighted by Gasteiger charge is 2.19. The number of ether oxygens (including phenoxy) is 1. The van der Waals surface area contributed by atoms with Crippen LogP contribution in [0.15, 0.2) is 54.6 Å². The third kappa shape index (κ3) is 5.65. The summed E-state index contributed by atoms with van der Waals surface area (Å²) in [6.45, 7) is 1.84. The Hall–Kier alpha value is -3.35. The number of hydrogen-bond donors (Lipinski definition) is 3. The molecule has 0 aliphatic carbocycles. The Morgan fingerprint density at radius 1 is 1.08 bits per heavy atom. The van der Waals surface area contributed by atoms with Gasteiger partial charge < -0.3 is 21.1 Å². The lowest BCUT2D eigenvalue weighted by Gasteiger charge is -2.14. The first-order valence-electron chi connectivity index (χ1n) is 7.65. The van der Waals surface area contributed by atoms with Gasteiger partial charge in [0, 0.05) is 12.2 Å². The first kappa shape index (κ1) is 18.0. The van der Waals surface area contributed by atoms with E-state index in [0.717, 1.165) is 5.56 Å². The molecule has 0 heterocycles. The summed E-state index contributed by atoms with van der Waals surface area (Å²) in [5, 5.41) is 5.07. The van der Waals surface area contributed by atoms with Gasteiger partial charge in [-0.15, -0.1) is 0 Å². The number of carbonyl (C=O) groups is 3. The fourth-order valence-electron chi connectivity index (χ4n) is 2.08. The normalized spacial score (nSPS) is 11.2. The summed E-state index contributed by atoms with van der Waals surface area (Å²) in [5.41, 5.74) is 6.54. The van der Waals surface area contributed by atoms with E-state index >= 15 is 0 Å². The molecule has 0 aromatic heterocycles. The van der Waals surface area contributed by atoms with Crippen LogP contribution in [0, 0.1) is 0 Å². The second kappa shape index (κ2) is 8.49. The number of benzene rings is 2. The average molecular weight is 341 g/mol. The maximum Gasteiger partial charge on any atom is 0.338 e. The zero-order valence-corrected chi connectivity index (χ0v) is 13.7. The van der Waals surface area contributed by atoms with Gasteiger partial charge in [0.1, 0.15) is 0 Å². The molecule has 7 nitrogen and oxygen atoms in total. The van der Waals surface area contributed by atoms with Crippen molar-refractivity contribution >= 4 is 23.6 Å². The predicted octanol–water partition coefficient (Wildman–Crippen LogP) is 2.04. The van der Waals surface area contributed by atoms with Gasteiger partial charge in [-0.2, -0.15) is 0 Å². The van der Waals surface area contributed by atoms with Gasteiger partial charge in [-0.3, -0.25) is 4.79 Å². The molecular weight excluding hydrogens is 322 g/mol. The van der Waals surface area contributed by atoms with Gasteiger partial charge in [0.05, 0.1) is 5.56 Å². The van der Waals surface area contributed by atoms with Crippen LogP contribution in [-0.4, -0.2) is 24.0 Å². The fraction of sp³-hybridized carbons (Fsp3) is 0.167. The van der Waals surface area contributed by atoms with Crippen LogP contribution in [-0.2, 0) is 16.1 Å². The highest BCUT2D eigenvalue weighted by atomic mass is 16.5. The van der Waals surface area contributed by atoms with E-state index in [2.05, 4.69) is 10.6 Å². The summed E-state index contributed by atoms with van der Waals surface area (Å²) in [6.07, 6.45) is -0.955. The Bertz CT molecular complexity index is 762. The number of urea groups is 1. The van der Waals surface area contributed by atoms with Crippen LogP contribution in [0.4, 0.5) is 10.5 Å². The van der Waals surface area contributed by atoms with Crippen molar-refractivity contribution in [2.24, 2.45) is 5.73 Å². The maximum absolute atomic E-state index is 12.1. The second-order valence-corrected chi connectivity index (χ2v) is 5.32. The molecule has 4 N–H and O–H groups in total. The lowest BCUT2D eigenvalue weighted by atomic mass is 10.2. The Morgan fingerprint density at radius 3 is 2.48 bits per heavy atom. The van der Waals surface area contributed by atoms with Crippen LogP contribution in [0.1, 0.15) is 22.8 Å². The summed E-state index contributed by atoms with van der Waals surface area (Å²) in [7, 11) is 0. The van der Waals surface area contributed by atoms with Crippen molar-refractivity contribution in [2.75, 3.05) is 5.32 Å². The standard InChI is InChI=1S/C18H19N3O4/c1-12(16(22)20-11-13-6-3-2-4-7-13)25-17(23)14-8-5-9-15(10-14)21-18(19)24/h2-10,12H,11H2,1H3,(H,20,22)(H3,19,21,24)/t12-/m1/s1. The fourth-order valence-corrected chi connectivity index (χ4v) is 2.08. The van der Waals surface area contributed by atoms with Gasteiger partial charge in [-0.25, -0.2) is 9.59 Å². The van der Waals surface area contributed by atoms with Crippen LogP contribution in [0.5, 0.6) is 0 Å². The average Bonchev–Trinajstić information content (AvgIpc) is 2.60. The number of carbonyl (C=O) groups excluding carboxylic acids is 3. The minimum atomic E-state index is -0.955. The maximum atomic E-state index is 12.1. The number of nitrogens with two attached hydrogens (primary N) is 1. The van der Waals surface area contributed by atoms with Crippen LogP contribution in [0.2, 0.25) is 0 Å². The molecule has 0 saturated carbocycles. The number of esters is 1. The molecule has 2 aromatic rings. The van der Waals surface area contributed by atoms with Crippen LogP contribution in [0.25, 0.3) is 0 Å². The van der Waals surface area contributed by atoms with E-state index in [1.165, 1.54) is 19.1 Å². The van der Waals surface area contributed by atoms with Gasteiger partial charge in [-0.05, 0) is 30.7 Å². The predicted molar refractivity (Wildman–Crippen MR) is 92.8 cm³/mol. The molecule has 1 atom stereocenters. The van der Waals surface area contributed by atoms with Crippen LogP contribution in [0.3, 0.4) is 0 Å². The zero-order valence-electron chi connectivity index (χ0n) is 13.7. The molecular formula is C18H19N3O4. The molecule has 3 amide bonds. The number of primary amides is 1. The quantitative estimate of drug-likeness (QED) is 0.698. The molecule has 0 fully saturated rings. The third-order valence-corrected chi connectivity index (χ3v) is 3.33. The lowest BCUT2D eigenvalue weighted by molar-refractivity contribution is -0.129. The van der Waals surface area contributed by atoms with Crippen molar-refractivity contribution < 1.29 is 19.1 Å². The number of hydrogen-bond acceptors (Lipinski definition) is 4. The van der Waals surface area contributed by atoms with E-state index in [1.54, 1.807) is 12.1 Å². The summed E-state index contributed by atoms with van der Waals surface area (Å²) in [5.74, 6) is -1.07. The minimum absolute atomic E-state index is 0.203. The molecule has 2 rings (SSSR count).